The van der Waals surface area contributed by atoms with Gasteiger partial charge in [0, 0.05) is 41.6 Å². The summed E-state index contributed by atoms with van der Waals surface area (Å²) in [4.78, 5) is 6.48. The zero-order chi connectivity index (χ0) is 17.7. The highest BCUT2D eigenvalue weighted by atomic mass is 16.5. The molecule has 2 aromatic rings. The molecule has 0 spiro atoms. The third kappa shape index (κ3) is 2.44. The number of benzene rings is 1. The normalized spacial score (nSPS) is 29.2. The quantitative estimate of drug-likeness (QED) is 0.786. The first-order chi connectivity index (χ1) is 12.8. The highest BCUT2D eigenvalue weighted by Crippen LogP contribution is 2.48. The first kappa shape index (κ1) is 16.2. The lowest BCUT2D eigenvalue weighted by Crippen LogP contribution is -2.51. The fourth-order valence-corrected chi connectivity index (χ4v) is 5.34. The van der Waals surface area contributed by atoms with Gasteiger partial charge >= 0.3 is 0 Å². The molecule has 4 atom stereocenters. The second-order valence-electron chi connectivity index (χ2n) is 8.09. The van der Waals surface area contributed by atoms with Crippen LogP contribution in [0.2, 0.25) is 0 Å². The summed E-state index contributed by atoms with van der Waals surface area (Å²) in [5.74, 6) is 2.25. The van der Waals surface area contributed by atoms with E-state index in [-0.39, 0.29) is 0 Å². The summed E-state index contributed by atoms with van der Waals surface area (Å²) in [6.07, 6.45) is 9.22. The van der Waals surface area contributed by atoms with Crippen molar-refractivity contribution in [3.05, 3.63) is 53.8 Å². The third-order valence-corrected chi connectivity index (χ3v) is 6.50. The molecule has 1 aromatic heterocycles. The topological polar surface area (TPSA) is 28.3 Å². The Morgan fingerprint density at radius 2 is 2.31 bits per heavy atom. The number of fused-ring (bicyclic) bond motifs is 3. The Morgan fingerprint density at radius 1 is 1.38 bits per heavy atom. The van der Waals surface area contributed by atoms with Crippen molar-refractivity contribution in [2.45, 2.75) is 44.6 Å². The van der Waals surface area contributed by atoms with E-state index in [1.807, 2.05) is 0 Å². The standard InChI is InChI=1S/C23H28N2O/c1-3-5-10-26-17-6-7-21-19(13-17)18-8-9-25-14-15-11-16(4-2)23(25)20(12-15)22(18)24-21/h4,6-7,11,13,15,20,23-24H,2-3,5,8-10,12,14H2,1H3. The molecule has 4 aliphatic rings. The molecule has 3 nitrogen and oxygen atoms in total. The van der Waals surface area contributed by atoms with Gasteiger partial charge in [0.05, 0.1) is 6.61 Å². The summed E-state index contributed by atoms with van der Waals surface area (Å²) in [5.41, 5.74) is 5.68. The fourth-order valence-electron chi connectivity index (χ4n) is 5.34. The predicted octanol–water partition coefficient (Wildman–Crippen LogP) is 4.80. The van der Waals surface area contributed by atoms with Gasteiger partial charge in [-0.05, 0) is 54.5 Å². The molecule has 1 fully saturated rings. The zero-order valence-electron chi connectivity index (χ0n) is 15.6. The fraction of sp³-hybridized carbons (Fsp3) is 0.478. The molecule has 4 unspecified atom stereocenters. The van der Waals surface area contributed by atoms with Gasteiger partial charge in [-0.1, -0.05) is 32.1 Å². The van der Waals surface area contributed by atoms with Crippen LogP contribution in [0.4, 0.5) is 0 Å². The first-order valence-electron chi connectivity index (χ1n) is 10.1. The van der Waals surface area contributed by atoms with Crippen molar-refractivity contribution in [3.8, 4) is 5.75 Å². The van der Waals surface area contributed by atoms with Crippen LogP contribution in [0.25, 0.3) is 10.9 Å². The highest BCUT2D eigenvalue weighted by Gasteiger charge is 2.44. The number of H-pyrrole nitrogens is 1. The van der Waals surface area contributed by atoms with E-state index in [0.29, 0.717) is 17.9 Å². The van der Waals surface area contributed by atoms with Crippen LogP contribution in [-0.4, -0.2) is 35.6 Å². The van der Waals surface area contributed by atoms with Crippen LogP contribution in [0, 0.1) is 5.92 Å². The highest BCUT2D eigenvalue weighted by molar-refractivity contribution is 5.86. The van der Waals surface area contributed by atoms with Gasteiger partial charge in [0.25, 0.3) is 0 Å². The van der Waals surface area contributed by atoms with E-state index in [0.717, 1.165) is 31.7 Å². The molecule has 1 aromatic carbocycles. The maximum absolute atomic E-state index is 5.97. The predicted molar refractivity (Wildman–Crippen MR) is 107 cm³/mol. The van der Waals surface area contributed by atoms with Gasteiger partial charge in [0.15, 0.2) is 0 Å². The van der Waals surface area contributed by atoms with E-state index >= 15 is 0 Å². The van der Waals surface area contributed by atoms with Crippen LogP contribution >= 0.6 is 0 Å². The molecule has 0 saturated carbocycles. The number of ether oxygens (including phenoxy) is 1. The van der Waals surface area contributed by atoms with Gasteiger partial charge in [-0.3, -0.25) is 4.90 Å². The van der Waals surface area contributed by atoms with Crippen molar-refractivity contribution in [1.29, 1.82) is 0 Å². The van der Waals surface area contributed by atoms with Crippen molar-refractivity contribution in [2.75, 3.05) is 19.7 Å². The van der Waals surface area contributed by atoms with Gasteiger partial charge < -0.3 is 9.72 Å². The summed E-state index contributed by atoms with van der Waals surface area (Å²) < 4.78 is 5.97. The van der Waals surface area contributed by atoms with Crippen LogP contribution in [0.1, 0.15) is 43.4 Å². The summed E-state index contributed by atoms with van der Waals surface area (Å²) in [6.45, 7) is 9.45. The molecule has 4 bridgehead atoms. The summed E-state index contributed by atoms with van der Waals surface area (Å²) in [6, 6.07) is 7.08. The SMILES string of the molecule is C=CC1=CC2CC3c4[nH]c5ccc(OCCCC)cc5c4CCN(C2)C13. The number of nitrogens with one attached hydrogen (secondary N) is 1. The molecular weight excluding hydrogens is 320 g/mol. The van der Waals surface area contributed by atoms with Crippen LogP contribution < -0.4 is 4.74 Å². The average Bonchev–Trinajstić information content (AvgIpc) is 2.99. The van der Waals surface area contributed by atoms with Gasteiger partial charge in [-0.25, -0.2) is 0 Å². The van der Waals surface area contributed by atoms with Crippen molar-refractivity contribution >= 4 is 10.9 Å². The lowest BCUT2D eigenvalue weighted by Gasteiger charge is -2.47. The summed E-state index contributed by atoms with van der Waals surface area (Å²) in [7, 11) is 0. The van der Waals surface area contributed by atoms with Gasteiger partial charge in [0.2, 0.25) is 0 Å². The molecule has 1 aliphatic carbocycles. The van der Waals surface area contributed by atoms with Crippen LogP contribution in [-0.2, 0) is 6.42 Å². The maximum Gasteiger partial charge on any atom is 0.120 e. The van der Waals surface area contributed by atoms with Gasteiger partial charge in [-0.15, -0.1) is 0 Å². The second kappa shape index (κ2) is 6.31. The van der Waals surface area contributed by atoms with Gasteiger partial charge in [0.1, 0.15) is 5.75 Å². The number of unbranched alkanes of at least 4 members (excludes halogenated alkanes) is 1. The Bertz CT molecular complexity index is 878. The van der Waals surface area contributed by atoms with E-state index in [2.05, 4.69) is 53.7 Å². The Labute approximate surface area is 155 Å². The maximum atomic E-state index is 5.97. The zero-order valence-corrected chi connectivity index (χ0v) is 15.6. The lowest BCUT2D eigenvalue weighted by atomic mass is 9.72. The Balaban J connectivity index is 1.55. The number of aromatic amines is 1. The molecule has 1 N–H and O–H groups in total. The number of aromatic nitrogens is 1. The van der Waals surface area contributed by atoms with Crippen molar-refractivity contribution in [2.24, 2.45) is 5.92 Å². The summed E-state index contributed by atoms with van der Waals surface area (Å²) >= 11 is 0. The van der Waals surface area contributed by atoms with E-state index in [1.54, 1.807) is 0 Å². The Kier molecular flexibility index (Phi) is 3.93. The van der Waals surface area contributed by atoms with Crippen LogP contribution in [0.3, 0.4) is 0 Å². The monoisotopic (exact) mass is 348 g/mol. The van der Waals surface area contributed by atoms with E-state index < -0.39 is 0 Å². The van der Waals surface area contributed by atoms with Crippen molar-refractivity contribution in [1.82, 2.24) is 9.88 Å². The molecule has 1 saturated heterocycles. The van der Waals surface area contributed by atoms with Crippen molar-refractivity contribution in [3.63, 3.8) is 0 Å². The molecule has 0 radical (unpaired) electrons. The second-order valence-corrected chi connectivity index (χ2v) is 8.09. The molecule has 26 heavy (non-hydrogen) atoms. The van der Waals surface area contributed by atoms with Crippen LogP contribution in [0.15, 0.2) is 42.5 Å². The minimum absolute atomic E-state index is 0.507. The van der Waals surface area contributed by atoms with E-state index in [9.17, 15) is 0 Å². The van der Waals surface area contributed by atoms with E-state index in [1.165, 1.54) is 47.1 Å². The largest absolute Gasteiger partial charge is 0.494 e. The molecule has 4 heterocycles. The minimum atomic E-state index is 0.507. The Hall–Kier alpha value is -2.00. The number of rotatable bonds is 5. The third-order valence-electron chi connectivity index (χ3n) is 6.50. The smallest absolute Gasteiger partial charge is 0.120 e. The average molecular weight is 348 g/mol. The molecule has 6 rings (SSSR count). The Morgan fingerprint density at radius 3 is 3.15 bits per heavy atom. The number of nitrogens with zero attached hydrogens (tertiary/aromatic N) is 1. The van der Waals surface area contributed by atoms with Gasteiger partial charge in [-0.2, -0.15) is 0 Å². The van der Waals surface area contributed by atoms with Crippen LogP contribution in [0.5, 0.6) is 5.75 Å². The summed E-state index contributed by atoms with van der Waals surface area (Å²) in [5, 5.41) is 1.36. The molecule has 0 amide bonds. The van der Waals surface area contributed by atoms with Crippen molar-refractivity contribution < 1.29 is 4.74 Å². The molecule has 3 heteroatoms. The lowest BCUT2D eigenvalue weighted by molar-refractivity contribution is 0.116. The molecule has 136 valence electrons. The minimum Gasteiger partial charge on any atom is -0.494 e. The molecule has 3 aliphatic heterocycles. The van der Waals surface area contributed by atoms with E-state index in [4.69, 9.17) is 4.74 Å². The molecular formula is C23H28N2O. The number of hydrogen-bond donors (Lipinski definition) is 1. The number of piperidine rings is 1. The first-order valence-corrected chi connectivity index (χ1v) is 10.1. The number of hydrogen-bond acceptors (Lipinski definition) is 2.